The summed E-state index contributed by atoms with van der Waals surface area (Å²) in [6.07, 6.45) is -2.63. The van der Waals surface area contributed by atoms with Gasteiger partial charge in [0, 0.05) is 13.1 Å². The van der Waals surface area contributed by atoms with Gasteiger partial charge in [0.05, 0.1) is 16.8 Å². The van der Waals surface area contributed by atoms with Crippen LogP contribution >= 0.6 is 0 Å². The smallest absolute Gasteiger partial charge is 0.417 e. The number of carboxylic acid groups (broad SMARTS) is 1. The van der Waals surface area contributed by atoms with E-state index in [4.69, 9.17) is 5.11 Å². The number of halogens is 3. The first kappa shape index (κ1) is 17.5. The summed E-state index contributed by atoms with van der Waals surface area (Å²) in [5, 5.41) is 8.81. The molecule has 2 rings (SSSR count). The molecule has 1 aromatic rings. The summed E-state index contributed by atoms with van der Waals surface area (Å²) in [5.41, 5.74) is -2.66. The molecule has 0 unspecified atom stereocenters. The molecule has 0 spiro atoms. The second kappa shape index (κ2) is 6.36. The number of anilines is 1. The van der Waals surface area contributed by atoms with Crippen molar-refractivity contribution in [1.29, 1.82) is 0 Å². The van der Waals surface area contributed by atoms with Crippen LogP contribution in [0.3, 0.4) is 0 Å². The van der Waals surface area contributed by atoms with Gasteiger partial charge in [-0.05, 0) is 31.0 Å². The zero-order chi connectivity index (χ0) is 17.3. The van der Waals surface area contributed by atoms with Gasteiger partial charge in [-0.3, -0.25) is 4.72 Å². The predicted octanol–water partition coefficient (Wildman–Crippen LogP) is 2.55. The zero-order valence-corrected chi connectivity index (χ0v) is 12.7. The van der Waals surface area contributed by atoms with E-state index in [1.54, 1.807) is 0 Å². The Balaban J connectivity index is 2.32. The van der Waals surface area contributed by atoms with E-state index < -0.39 is 33.5 Å². The first-order valence-corrected chi connectivity index (χ1v) is 8.28. The number of carbonyl (C=O) groups is 1. The lowest BCUT2D eigenvalue weighted by Gasteiger charge is -2.26. The van der Waals surface area contributed by atoms with Crippen LogP contribution in [0.15, 0.2) is 18.2 Å². The lowest BCUT2D eigenvalue weighted by Crippen LogP contribution is -2.39. The number of hydrogen-bond acceptors (Lipinski definition) is 3. The number of nitrogens with zero attached hydrogens (tertiary/aromatic N) is 1. The van der Waals surface area contributed by atoms with Gasteiger partial charge in [-0.15, -0.1) is 0 Å². The Hall–Kier alpha value is -1.81. The maximum absolute atomic E-state index is 12.9. The van der Waals surface area contributed by atoms with E-state index in [1.807, 2.05) is 0 Å². The van der Waals surface area contributed by atoms with Gasteiger partial charge in [0.1, 0.15) is 0 Å². The Morgan fingerprint density at radius 2 is 1.78 bits per heavy atom. The molecule has 0 aromatic heterocycles. The number of benzene rings is 1. The van der Waals surface area contributed by atoms with Crippen molar-refractivity contribution in [1.82, 2.24) is 4.31 Å². The highest BCUT2D eigenvalue weighted by Gasteiger charge is 2.36. The van der Waals surface area contributed by atoms with Crippen LogP contribution in [-0.2, 0) is 16.4 Å². The zero-order valence-electron chi connectivity index (χ0n) is 11.9. The van der Waals surface area contributed by atoms with Crippen molar-refractivity contribution < 1.29 is 31.5 Å². The quantitative estimate of drug-likeness (QED) is 0.872. The van der Waals surface area contributed by atoms with Gasteiger partial charge >= 0.3 is 22.4 Å². The van der Waals surface area contributed by atoms with Crippen molar-refractivity contribution >= 4 is 21.9 Å². The molecule has 1 aliphatic rings. The third-order valence-corrected chi connectivity index (χ3v) is 5.00. The highest BCUT2D eigenvalue weighted by Crippen LogP contribution is 2.34. The molecule has 1 fully saturated rings. The molecule has 0 saturated carbocycles. The standard InChI is InChI=1S/C13H15F3N2O4S/c14-13(15,16)11-8-9(4-5-10(11)12(19)20)17-23(21,22)18-6-2-1-3-7-18/h4-5,8,17H,1-3,6-7H2,(H,19,20). The van der Waals surface area contributed by atoms with Gasteiger partial charge in [0.25, 0.3) is 0 Å². The fourth-order valence-electron chi connectivity index (χ4n) is 2.35. The van der Waals surface area contributed by atoms with Crippen molar-refractivity contribution in [3.63, 3.8) is 0 Å². The Labute approximate surface area is 131 Å². The van der Waals surface area contributed by atoms with Crippen LogP contribution in [0, 0.1) is 0 Å². The summed E-state index contributed by atoms with van der Waals surface area (Å²) in [6, 6.07) is 2.23. The average molecular weight is 352 g/mol. The number of piperidine rings is 1. The first-order valence-electron chi connectivity index (χ1n) is 6.84. The van der Waals surface area contributed by atoms with Gasteiger partial charge in [0.2, 0.25) is 0 Å². The fraction of sp³-hybridized carbons (Fsp3) is 0.462. The maximum atomic E-state index is 12.9. The molecule has 2 N–H and O–H groups in total. The minimum absolute atomic E-state index is 0.300. The lowest BCUT2D eigenvalue weighted by atomic mass is 10.1. The van der Waals surface area contributed by atoms with Gasteiger partial charge in [0.15, 0.2) is 0 Å². The monoisotopic (exact) mass is 352 g/mol. The molecule has 23 heavy (non-hydrogen) atoms. The fourth-order valence-corrected chi connectivity index (χ4v) is 3.64. The molecule has 1 heterocycles. The summed E-state index contributed by atoms with van der Waals surface area (Å²) in [4.78, 5) is 10.9. The molecule has 1 aromatic carbocycles. The van der Waals surface area contributed by atoms with Gasteiger partial charge < -0.3 is 5.11 Å². The molecular formula is C13H15F3N2O4S. The number of nitrogens with one attached hydrogen (secondary N) is 1. The van der Waals surface area contributed by atoms with E-state index in [0.29, 0.717) is 32.0 Å². The van der Waals surface area contributed by atoms with Crippen LogP contribution in [0.2, 0.25) is 0 Å². The van der Waals surface area contributed by atoms with Crippen LogP contribution in [0.25, 0.3) is 0 Å². The van der Waals surface area contributed by atoms with E-state index in [1.165, 1.54) is 0 Å². The second-order valence-corrected chi connectivity index (χ2v) is 6.80. The van der Waals surface area contributed by atoms with Crippen molar-refractivity contribution in [3.05, 3.63) is 29.3 Å². The first-order chi connectivity index (χ1) is 10.6. The number of hydrogen-bond donors (Lipinski definition) is 2. The normalized spacial score (nSPS) is 17.0. The Morgan fingerprint density at radius 3 is 2.30 bits per heavy atom. The third-order valence-electron chi connectivity index (χ3n) is 3.46. The molecule has 0 amide bonds. The van der Waals surface area contributed by atoms with Crippen LogP contribution in [0.4, 0.5) is 18.9 Å². The van der Waals surface area contributed by atoms with Crippen LogP contribution in [0.1, 0.15) is 35.2 Å². The van der Waals surface area contributed by atoms with E-state index in [0.717, 1.165) is 22.9 Å². The van der Waals surface area contributed by atoms with E-state index in [9.17, 15) is 26.4 Å². The second-order valence-electron chi connectivity index (χ2n) is 5.13. The topological polar surface area (TPSA) is 86.7 Å². The SMILES string of the molecule is O=C(O)c1ccc(NS(=O)(=O)N2CCCCC2)cc1C(F)(F)F. The van der Waals surface area contributed by atoms with E-state index in [-0.39, 0.29) is 5.69 Å². The summed E-state index contributed by atoms with van der Waals surface area (Å²) in [5.74, 6) is -1.73. The molecule has 10 heteroatoms. The van der Waals surface area contributed by atoms with Gasteiger partial charge in [-0.1, -0.05) is 6.42 Å². The minimum Gasteiger partial charge on any atom is -0.478 e. The van der Waals surface area contributed by atoms with E-state index >= 15 is 0 Å². The predicted molar refractivity (Wildman–Crippen MR) is 76.4 cm³/mol. The summed E-state index contributed by atoms with van der Waals surface area (Å²) >= 11 is 0. The number of rotatable bonds is 4. The molecular weight excluding hydrogens is 337 g/mol. The Morgan fingerprint density at radius 1 is 1.17 bits per heavy atom. The summed E-state index contributed by atoms with van der Waals surface area (Å²) in [6.45, 7) is 0.601. The van der Waals surface area contributed by atoms with Crippen LogP contribution in [-0.4, -0.2) is 36.9 Å². The molecule has 1 aliphatic heterocycles. The van der Waals surface area contributed by atoms with Crippen molar-refractivity contribution in [3.8, 4) is 0 Å². The summed E-state index contributed by atoms with van der Waals surface area (Å²) < 4.78 is 66.3. The number of alkyl halides is 3. The van der Waals surface area contributed by atoms with Gasteiger partial charge in [-0.25, -0.2) is 4.79 Å². The van der Waals surface area contributed by atoms with Crippen molar-refractivity contribution in [2.75, 3.05) is 17.8 Å². The van der Waals surface area contributed by atoms with Gasteiger partial charge in [-0.2, -0.15) is 25.9 Å². The Bertz CT molecular complexity index is 698. The number of carboxylic acids is 1. The highest BCUT2D eigenvalue weighted by molar-refractivity contribution is 7.90. The molecule has 0 aliphatic carbocycles. The lowest BCUT2D eigenvalue weighted by molar-refractivity contribution is -0.138. The van der Waals surface area contributed by atoms with Crippen molar-refractivity contribution in [2.45, 2.75) is 25.4 Å². The average Bonchev–Trinajstić information content (AvgIpc) is 2.46. The molecule has 6 nitrogen and oxygen atoms in total. The largest absolute Gasteiger partial charge is 0.478 e. The van der Waals surface area contributed by atoms with Crippen LogP contribution in [0.5, 0.6) is 0 Å². The van der Waals surface area contributed by atoms with Crippen LogP contribution < -0.4 is 4.72 Å². The third kappa shape index (κ3) is 4.14. The summed E-state index contributed by atoms with van der Waals surface area (Å²) in [7, 11) is -3.96. The number of aromatic carboxylic acids is 1. The van der Waals surface area contributed by atoms with Crippen molar-refractivity contribution in [2.24, 2.45) is 0 Å². The highest BCUT2D eigenvalue weighted by atomic mass is 32.2. The molecule has 0 bridgehead atoms. The minimum atomic E-state index is -4.90. The molecule has 0 radical (unpaired) electrons. The molecule has 0 atom stereocenters. The van der Waals surface area contributed by atoms with E-state index in [2.05, 4.69) is 4.72 Å². The molecule has 128 valence electrons. The Kier molecular flexibility index (Phi) is 4.85. The maximum Gasteiger partial charge on any atom is 0.417 e. The molecule has 1 saturated heterocycles.